The number of aromatic carboxylic acids is 1. The van der Waals surface area contributed by atoms with Crippen LogP contribution in [-0.2, 0) is 0 Å². The average Bonchev–Trinajstić information content (AvgIpc) is 2.89. The van der Waals surface area contributed by atoms with Crippen molar-refractivity contribution < 1.29 is 23.1 Å². The summed E-state index contributed by atoms with van der Waals surface area (Å²) in [5, 5.41) is 16.0. The Morgan fingerprint density at radius 3 is 2.57 bits per heavy atom. The smallest absolute Gasteiger partial charge is 0.410 e. The average molecular weight is 346 g/mol. The monoisotopic (exact) mass is 345 g/mol. The van der Waals surface area contributed by atoms with Crippen LogP contribution in [0.1, 0.15) is 34.4 Å². The summed E-state index contributed by atoms with van der Waals surface area (Å²) in [6.07, 6.45) is -3.91. The number of nitrogens with one attached hydrogen (secondary N) is 1. The van der Waals surface area contributed by atoms with E-state index in [1.54, 1.807) is 24.3 Å². The molecule has 3 rings (SSSR count). The number of fused-ring (bicyclic) bond motifs is 1. The molecule has 0 saturated carbocycles. The molecule has 0 aliphatic carbocycles. The molecule has 1 aromatic heterocycles. The maximum absolute atomic E-state index is 13.3. The first-order chi connectivity index (χ1) is 10.8. The van der Waals surface area contributed by atoms with Gasteiger partial charge in [-0.05, 0) is 17.7 Å². The van der Waals surface area contributed by atoms with Gasteiger partial charge >= 0.3 is 12.1 Å². The molecule has 0 radical (unpaired) electrons. The van der Waals surface area contributed by atoms with Crippen molar-refractivity contribution in [3.8, 4) is 0 Å². The van der Waals surface area contributed by atoms with Gasteiger partial charge in [0.25, 0.3) is 0 Å². The minimum absolute atomic E-state index is 0.147. The number of carboxylic acids is 1. The van der Waals surface area contributed by atoms with E-state index in [1.165, 1.54) is 0 Å². The predicted octanol–water partition coefficient (Wildman–Crippen LogP) is 3.90. The third-order valence-electron chi connectivity index (χ3n) is 3.74. The second-order valence-corrected chi connectivity index (χ2v) is 5.63. The maximum atomic E-state index is 13.3. The third-order valence-corrected chi connectivity index (χ3v) is 3.99. The van der Waals surface area contributed by atoms with Crippen LogP contribution in [0.25, 0.3) is 0 Å². The zero-order valence-corrected chi connectivity index (χ0v) is 12.3. The number of rotatable bonds is 2. The molecule has 0 fully saturated rings. The van der Waals surface area contributed by atoms with Crippen LogP contribution in [0.3, 0.4) is 0 Å². The summed E-state index contributed by atoms with van der Waals surface area (Å²) in [6, 6.07) is 3.78. The highest BCUT2D eigenvalue weighted by Gasteiger charge is 2.47. The molecule has 0 unspecified atom stereocenters. The first-order valence-electron chi connectivity index (χ1n) is 6.67. The van der Waals surface area contributed by atoms with E-state index in [1.807, 2.05) is 0 Å². The Hall–Kier alpha value is -2.22. The lowest BCUT2D eigenvalue weighted by Crippen LogP contribution is -2.36. The Bertz CT molecular complexity index is 743. The second kappa shape index (κ2) is 5.45. The van der Waals surface area contributed by atoms with Crippen molar-refractivity contribution in [3.63, 3.8) is 0 Å². The van der Waals surface area contributed by atoms with E-state index >= 15 is 0 Å². The number of carbonyl (C=O) groups is 1. The van der Waals surface area contributed by atoms with Crippen molar-refractivity contribution in [2.24, 2.45) is 0 Å². The van der Waals surface area contributed by atoms with Crippen molar-refractivity contribution in [3.05, 3.63) is 46.6 Å². The van der Waals surface area contributed by atoms with Crippen molar-refractivity contribution in [2.45, 2.75) is 24.7 Å². The molecular formula is C14H11ClF3N3O2. The number of aromatic nitrogens is 2. The van der Waals surface area contributed by atoms with Crippen molar-refractivity contribution >= 4 is 23.4 Å². The van der Waals surface area contributed by atoms with Gasteiger partial charge in [0, 0.05) is 11.4 Å². The normalized spacial score (nSPS) is 20.7. The minimum atomic E-state index is -4.54. The van der Waals surface area contributed by atoms with Gasteiger partial charge < -0.3 is 10.4 Å². The third kappa shape index (κ3) is 2.86. The Labute approximate surface area is 133 Å². The molecule has 2 atom stereocenters. The zero-order chi connectivity index (χ0) is 16.8. The summed E-state index contributed by atoms with van der Waals surface area (Å²) in [7, 11) is 0. The predicted molar refractivity (Wildman–Crippen MR) is 76.7 cm³/mol. The van der Waals surface area contributed by atoms with Gasteiger partial charge in [0.1, 0.15) is 11.4 Å². The van der Waals surface area contributed by atoms with Crippen LogP contribution in [0.2, 0.25) is 5.02 Å². The number of halogens is 4. The zero-order valence-electron chi connectivity index (χ0n) is 11.5. The number of alkyl halides is 3. The van der Waals surface area contributed by atoms with E-state index in [2.05, 4.69) is 10.4 Å². The van der Waals surface area contributed by atoms with E-state index in [-0.39, 0.29) is 17.8 Å². The highest BCUT2D eigenvalue weighted by Crippen LogP contribution is 2.44. The van der Waals surface area contributed by atoms with Crippen LogP contribution < -0.4 is 5.32 Å². The van der Waals surface area contributed by atoms with Crippen LogP contribution in [0, 0.1) is 0 Å². The van der Waals surface area contributed by atoms with Crippen molar-refractivity contribution in [2.75, 3.05) is 5.32 Å². The Morgan fingerprint density at radius 1 is 1.35 bits per heavy atom. The molecule has 2 aromatic rings. The molecular weight excluding hydrogens is 335 g/mol. The van der Waals surface area contributed by atoms with E-state index in [9.17, 15) is 18.0 Å². The van der Waals surface area contributed by atoms with Gasteiger partial charge in [-0.2, -0.15) is 18.3 Å². The highest BCUT2D eigenvalue weighted by atomic mass is 35.5. The minimum Gasteiger partial charge on any atom is -0.477 e. The van der Waals surface area contributed by atoms with Gasteiger partial charge in [-0.25, -0.2) is 9.48 Å². The molecule has 0 spiro atoms. The quantitative estimate of drug-likeness (QED) is 0.866. The summed E-state index contributed by atoms with van der Waals surface area (Å²) in [6.45, 7) is 0. The fourth-order valence-electron chi connectivity index (χ4n) is 2.63. The maximum Gasteiger partial charge on any atom is 0.410 e. The van der Waals surface area contributed by atoms with E-state index in [4.69, 9.17) is 16.7 Å². The topological polar surface area (TPSA) is 67.1 Å². The molecule has 2 heterocycles. The van der Waals surface area contributed by atoms with Gasteiger partial charge in [-0.1, -0.05) is 23.7 Å². The van der Waals surface area contributed by atoms with Gasteiger partial charge in [0.15, 0.2) is 6.04 Å². The fourth-order valence-corrected chi connectivity index (χ4v) is 2.76. The number of anilines is 1. The SMILES string of the molecule is O=C(O)c1cnn2c1N[C@H](c1ccc(Cl)cc1)C[C@@H]2C(F)(F)F. The second-order valence-electron chi connectivity index (χ2n) is 5.20. The van der Waals surface area contributed by atoms with Crippen LogP contribution in [0.5, 0.6) is 0 Å². The summed E-state index contributed by atoms with van der Waals surface area (Å²) in [5.41, 5.74) is 0.297. The number of nitrogens with zero attached hydrogens (tertiary/aromatic N) is 2. The van der Waals surface area contributed by atoms with Crippen LogP contribution in [0.15, 0.2) is 30.5 Å². The molecule has 1 aliphatic heterocycles. The van der Waals surface area contributed by atoms with E-state index < -0.39 is 24.2 Å². The van der Waals surface area contributed by atoms with Gasteiger partial charge in [0.2, 0.25) is 0 Å². The number of hydrogen-bond donors (Lipinski definition) is 2. The van der Waals surface area contributed by atoms with Gasteiger partial charge in [-0.15, -0.1) is 0 Å². The molecule has 1 aromatic carbocycles. The van der Waals surface area contributed by atoms with Crippen LogP contribution in [0.4, 0.5) is 19.0 Å². The lowest BCUT2D eigenvalue weighted by atomic mass is 9.96. The fraction of sp³-hybridized carbons (Fsp3) is 0.286. The summed E-state index contributed by atoms with van der Waals surface area (Å²) in [4.78, 5) is 11.2. The van der Waals surface area contributed by atoms with Crippen molar-refractivity contribution in [1.82, 2.24) is 9.78 Å². The summed E-state index contributed by atoms with van der Waals surface area (Å²) in [5.74, 6) is -1.48. The number of carboxylic acid groups (broad SMARTS) is 1. The highest BCUT2D eigenvalue weighted by molar-refractivity contribution is 6.30. The largest absolute Gasteiger partial charge is 0.477 e. The van der Waals surface area contributed by atoms with Gasteiger partial charge in [-0.3, -0.25) is 0 Å². The first kappa shape index (κ1) is 15.7. The number of hydrogen-bond acceptors (Lipinski definition) is 3. The Kier molecular flexibility index (Phi) is 3.71. The summed E-state index contributed by atoms with van der Waals surface area (Å²) < 4.78 is 40.7. The van der Waals surface area contributed by atoms with Crippen LogP contribution in [-0.4, -0.2) is 27.0 Å². The Morgan fingerprint density at radius 2 is 2.00 bits per heavy atom. The summed E-state index contributed by atoms with van der Waals surface area (Å²) >= 11 is 5.79. The molecule has 5 nitrogen and oxygen atoms in total. The molecule has 1 aliphatic rings. The molecule has 0 saturated heterocycles. The molecule has 23 heavy (non-hydrogen) atoms. The van der Waals surface area contributed by atoms with E-state index in [0.717, 1.165) is 6.20 Å². The molecule has 9 heteroatoms. The van der Waals surface area contributed by atoms with Crippen molar-refractivity contribution in [1.29, 1.82) is 0 Å². The molecule has 2 N–H and O–H groups in total. The number of benzene rings is 1. The first-order valence-corrected chi connectivity index (χ1v) is 7.04. The standard InChI is InChI=1S/C14H11ClF3N3O2/c15-8-3-1-7(2-4-8)10-5-11(14(16,17)18)21-12(20-10)9(6-19-21)13(22)23/h1-4,6,10-11,20H,5H2,(H,22,23)/t10-,11+/m0/s1. The van der Waals surface area contributed by atoms with Crippen LogP contribution >= 0.6 is 11.6 Å². The van der Waals surface area contributed by atoms with E-state index in [0.29, 0.717) is 15.3 Å². The molecule has 0 bridgehead atoms. The Balaban J connectivity index is 2.05. The lowest BCUT2D eigenvalue weighted by Gasteiger charge is -2.33. The molecule has 122 valence electrons. The lowest BCUT2D eigenvalue weighted by molar-refractivity contribution is -0.173. The molecule has 0 amide bonds. The van der Waals surface area contributed by atoms with Gasteiger partial charge in [0.05, 0.1) is 12.2 Å².